The summed E-state index contributed by atoms with van der Waals surface area (Å²) in [5, 5.41) is 15.5. The van der Waals surface area contributed by atoms with Gasteiger partial charge in [-0.25, -0.2) is 9.79 Å². The first-order valence-corrected chi connectivity index (χ1v) is 7.67. The molecule has 0 bridgehead atoms. The second kappa shape index (κ2) is 5.79. The van der Waals surface area contributed by atoms with Gasteiger partial charge in [-0.15, -0.1) is 0 Å². The highest BCUT2D eigenvalue weighted by Crippen LogP contribution is 2.27. The zero-order chi connectivity index (χ0) is 17.4. The summed E-state index contributed by atoms with van der Waals surface area (Å²) in [6.07, 6.45) is 2.70. The molecular weight excluding hydrogens is 320 g/mol. The third-order valence-corrected chi connectivity index (χ3v) is 4.01. The van der Waals surface area contributed by atoms with Crippen molar-refractivity contribution >= 4 is 29.1 Å². The first-order valence-electron chi connectivity index (χ1n) is 7.67. The molecule has 2 aromatic rings. The molecular formula is C18H14N4O3. The molecule has 124 valence electrons. The van der Waals surface area contributed by atoms with Crippen LogP contribution in [-0.4, -0.2) is 34.0 Å². The van der Waals surface area contributed by atoms with Crippen molar-refractivity contribution in [3.05, 3.63) is 71.9 Å². The van der Waals surface area contributed by atoms with Crippen molar-refractivity contribution in [2.45, 2.75) is 6.29 Å². The maximum Gasteiger partial charge on any atom is 0.337 e. The number of amides is 1. The largest absolute Gasteiger partial charge is 0.478 e. The smallest absolute Gasteiger partial charge is 0.337 e. The van der Waals surface area contributed by atoms with Crippen LogP contribution in [-0.2, 0) is 0 Å². The summed E-state index contributed by atoms with van der Waals surface area (Å²) in [7, 11) is 0. The van der Waals surface area contributed by atoms with E-state index in [-0.39, 0.29) is 11.5 Å². The topological polar surface area (TPSA) is 94.0 Å². The fraction of sp³-hybridized carbons (Fsp3) is 0.0556. The Labute approximate surface area is 143 Å². The monoisotopic (exact) mass is 334 g/mol. The Balaban J connectivity index is 1.63. The van der Waals surface area contributed by atoms with E-state index in [0.717, 1.165) is 5.69 Å². The van der Waals surface area contributed by atoms with E-state index in [1.807, 2.05) is 18.2 Å². The van der Waals surface area contributed by atoms with Crippen molar-refractivity contribution < 1.29 is 14.7 Å². The van der Waals surface area contributed by atoms with Gasteiger partial charge in [-0.05, 0) is 30.3 Å². The van der Waals surface area contributed by atoms with Crippen molar-refractivity contribution in [1.82, 2.24) is 4.90 Å². The number of hydrogen-bond donors (Lipinski definition) is 3. The Kier molecular flexibility index (Phi) is 3.46. The van der Waals surface area contributed by atoms with Crippen LogP contribution < -0.4 is 10.6 Å². The number of carbonyl (C=O) groups is 2. The number of carboxylic acids is 1. The number of rotatable bonds is 2. The van der Waals surface area contributed by atoms with Crippen molar-refractivity contribution in [1.29, 1.82) is 0 Å². The lowest BCUT2D eigenvalue weighted by Crippen LogP contribution is -2.47. The van der Waals surface area contributed by atoms with Gasteiger partial charge in [0.15, 0.2) is 0 Å². The van der Waals surface area contributed by atoms with Gasteiger partial charge < -0.3 is 15.7 Å². The van der Waals surface area contributed by atoms with Crippen LogP contribution in [0.15, 0.2) is 65.8 Å². The van der Waals surface area contributed by atoms with Crippen LogP contribution in [0.3, 0.4) is 0 Å². The van der Waals surface area contributed by atoms with Gasteiger partial charge >= 0.3 is 5.97 Å². The number of hydrogen-bond acceptors (Lipinski definition) is 5. The van der Waals surface area contributed by atoms with Crippen LogP contribution in [0.5, 0.6) is 0 Å². The normalized spacial score (nSPS) is 17.9. The van der Waals surface area contributed by atoms with Crippen LogP contribution in [0.2, 0.25) is 0 Å². The van der Waals surface area contributed by atoms with Crippen molar-refractivity contribution in [3.8, 4) is 0 Å². The fourth-order valence-electron chi connectivity index (χ4n) is 2.81. The highest BCUT2D eigenvalue weighted by atomic mass is 16.4. The van der Waals surface area contributed by atoms with E-state index >= 15 is 0 Å². The van der Waals surface area contributed by atoms with E-state index in [9.17, 15) is 14.7 Å². The summed E-state index contributed by atoms with van der Waals surface area (Å²) in [5.74, 6) is -0.691. The fourth-order valence-corrected chi connectivity index (χ4v) is 2.81. The molecule has 7 nitrogen and oxygen atoms in total. The second-order valence-electron chi connectivity index (χ2n) is 5.58. The van der Waals surface area contributed by atoms with Crippen LogP contribution in [0.4, 0.5) is 11.4 Å². The minimum Gasteiger partial charge on any atom is -0.478 e. The first kappa shape index (κ1) is 14.9. The van der Waals surface area contributed by atoms with Gasteiger partial charge in [-0.3, -0.25) is 9.69 Å². The molecule has 0 aromatic heterocycles. The molecule has 1 atom stereocenters. The summed E-state index contributed by atoms with van der Waals surface area (Å²) in [6.45, 7) is 0. The lowest BCUT2D eigenvalue weighted by molar-refractivity contribution is 0.0697. The van der Waals surface area contributed by atoms with Crippen molar-refractivity contribution in [3.63, 3.8) is 0 Å². The third kappa shape index (κ3) is 2.61. The molecule has 2 aliphatic rings. The molecule has 25 heavy (non-hydrogen) atoms. The van der Waals surface area contributed by atoms with Crippen LogP contribution in [0, 0.1) is 0 Å². The van der Waals surface area contributed by atoms with Gasteiger partial charge in [0.1, 0.15) is 5.84 Å². The zero-order valence-corrected chi connectivity index (χ0v) is 13.0. The quantitative estimate of drug-likeness (QED) is 0.785. The average molecular weight is 334 g/mol. The predicted octanol–water partition coefficient (Wildman–Crippen LogP) is 2.57. The molecule has 1 unspecified atom stereocenters. The molecule has 7 heteroatoms. The standard InChI is InChI=1S/C18H14N4O3/c23-16-11-5-1-3-7-13(11)20-18-21-15(9-10-22(16)18)19-14-8-4-2-6-12(14)17(24)25/h1-10,18,20H,(H,19,21)(H,24,25). The summed E-state index contributed by atoms with van der Waals surface area (Å²) in [4.78, 5) is 29.8. The highest BCUT2D eigenvalue weighted by Gasteiger charge is 2.32. The molecule has 1 amide bonds. The minimum absolute atomic E-state index is 0.135. The summed E-state index contributed by atoms with van der Waals surface area (Å²) >= 11 is 0. The Hall–Kier alpha value is -3.61. The lowest BCUT2D eigenvalue weighted by Gasteiger charge is -2.35. The molecule has 2 aliphatic heterocycles. The number of carbonyl (C=O) groups excluding carboxylic acids is 1. The number of nitrogens with zero attached hydrogens (tertiary/aromatic N) is 2. The van der Waals surface area contributed by atoms with Gasteiger partial charge in [-0.1, -0.05) is 24.3 Å². The van der Waals surface area contributed by atoms with Gasteiger partial charge in [0, 0.05) is 11.9 Å². The molecule has 0 saturated heterocycles. The SMILES string of the molecule is O=C(O)c1ccccc1NC1=NC2Nc3ccccc3C(=O)N2C=C1. The van der Waals surface area contributed by atoms with Gasteiger partial charge in [0.25, 0.3) is 5.91 Å². The molecule has 0 spiro atoms. The van der Waals surface area contributed by atoms with Crippen LogP contribution in [0.1, 0.15) is 20.7 Å². The predicted molar refractivity (Wildman–Crippen MR) is 93.6 cm³/mol. The first-order chi connectivity index (χ1) is 12.1. The molecule has 0 radical (unpaired) electrons. The number of fused-ring (bicyclic) bond motifs is 2. The Morgan fingerprint density at radius 1 is 1.16 bits per heavy atom. The summed E-state index contributed by atoms with van der Waals surface area (Å²) in [6, 6.07) is 13.8. The number of carboxylic acid groups (broad SMARTS) is 1. The van der Waals surface area contributed by atoms with Crippen LogP contribution in [0.25, 0.3) is 0 Å². The average Bonchev–Trinajstić information content (AvgIpc) is 2.62. The Morgan fingerprint density at radius 2 is 1.92 bits per heavy atom. The number of benzene rings is 2. The maximum absolute atomic E-state index is 12.5. The molecule has 2 aromatic carbocycles. The number of aromatic carboxylic acids is 1. The van der Waals surface area contributed by atoms with Crippen LogP contribution >= 0.6 is 0 Å². The zero-order valence-electron chi connectivity index (χ0n) is 13.0. The number of aliphatic imine (C=N–C) groups is 1. The van der Waals surface area contributed by atoms with E-state index in [2.05, 4.69) is 15.6 Å². The van der Waals surface area contributed by atoms with Gasteiger partial charge in [0.05, 0.1) is 16.8 Å². The third-order valence-electron chi connectivity index (χ3n) is 4.01. The van der Waals surface area contributed by atoms with E-state index in [0.29, 0.717) is 17.1 Å². The molecule has 0 saturated carbocycles. The summed E-state index contributed by atoms with van der Waals surface area (Å²) in [5.41, 5.74) is 1.90. The number of nitrogens with one attached hydrogen (secondary N) is 2. The highest BCUT2D eigenvalue weighted by molar-refractivity contribution is 6.09. The minimum atomic E-state index is -1.02. The molecule has 3 N–H and O–H groups in total. The number of para-hydroxylation sites is 2. The number of anilines is 2. The Morgan fingerprint density at radius 3 is 2.76 bits per heavy atom. The Bertz CT molecular complexity index is 935. The van der Waals surface area contributed by atoms with E-state index in [4.69, 9.17) is 0 Å². The molecule has 0 aliphatic carbocycles. The molecule has 4 rings (SSSR count). The van der Waals surface area contributed by atoms with E-state index in [1.165, 1.54) is 11.0 Å². The van der Waals surface area contributed by atoms with Crippen molar-refractivity contribution in [2.24, 2.45) is 4.99 Å². The summed E-state index contributed by atoms with van der Waals surface area (Å²) < 4.78 is 0. The van der Waals surface area contributed by atoms with E-state index in [1.54, 1.807) is 36.5 Å². The molecule has 0 fully saturated rings. The van der Waals surface area contributed by atoms with Gasteiger partial charge in [-0.2, -0.15) is 0 Å². The van der Waals surface area contributed by atoms with Crippen molar-refractivity contribution in [2.75, 3.05) is 10.6 Å². The second-order valence-corrected chi connectivity index (χ2v) is 5.58. The molecule has 2 heterocycles. The lowest BCUT2D eigenvalue weighted by atomic mass is 10.1. The number of amidine groups is 1. The van der Waals surface area contributed by atoms with E-state index < -0.39 is 12.3 Å². The maximum atomic E-state index is 12.5. The van der Waals surface area contributed by atoms with Gasteiger partial charge in [0.2, 0.25) is 6.29 Å².